The van der Waals surface area contributed by atoms with Gasteiger partial charge in [-0.05, 0) is 36.4 Å². The molecule has 1 amide bonds. The average Bonchev–Trinajstić information content (AvgIpc) is 3.37. The van der Waals surface area contributed by atoms with Crippen LogP contribution in [0.15, 0.2) is 84.1 Å². The van der Waals surface area contributed by atoms with Crippen molar-refractivity contribution in [2.75, 3.05) is 12.9 Å². The predicted octanol–water partition coefficient (Wildman–Crippen LogP) is 3.75. The number of aromatic nitrogens is 4. The second-order valence-electron chi connectivity index (χ2n) is 6.63. The van der Waals surface area contributed by atoms with Gasteiger partial charge < -0.3 is 10.1 Å². The molecule has 0 saturated heterocycles. The Labute approximate surface area is 184 Å². The number of thioether (sulfide) groups is 1. The molecule has 0 atom stereocenters. The maximum Gasteiger partial charge on any atom is 0.230 e. The van der Waals surface area contributed by atoms with Crippen LogP contribution >= 0.6 is 11.8 Å². The minimum atomic E-state index is -0.0732. The number of methoxy groups -OCH3 is 1. The molecule has 0 aliphatic heterocycles. The van der Waals surface area contributed by atoms with E-state index in [1.165, 1.54) is 11.8 Å². The lowest BCUT2D eigenvalue weighted by Gasteiger charge is -2.09. The van der Waals surface area contributed by atoms with Crippen molar-refractivity contribution in [3.8, 4) is 22.7 Å². The van der Waals surface area contributed by atoms with E-state index in [0.29, 0.717) is 11.6 Å². The number of nitrogens with one attached hydrogen (secondary N) is 1. The highest BCUT2D eigenvalue weighted by atomic mass is 32.2. The van der Waals surface area contributed by atoms with Crippen LogP contribution in [0.2, 0.25) is 0 Å². The highest BCUT2D eigenvalue weighted by Gasteiger charge is 2.08. The summed E-state index contributed by atoms with van der Waals surface area (Å²) in [6.07, 6.45) is 3.64. The number of benzene rings is 2. The molecule has 0 radical (unpaired) electrons. The van der Waals surface area contributed by atoms with Crippen molar-refractivity contribution in [2.45, 2.75) is 11.6 Å². The molecule has 2 aromatic heterocycles. The zero-order chi connectivity index (χ0) is 21.5. The Morgan fingerprint density at radius 2 is 1.87 bits per heavy atom. The van der Waals surface area contributed by atoms with Gasteiger partial charge in [0, 0.05) is 30.1 Å². The quantitative estimate of drug-likeness (QED) is 0.428. The second-order valence-corrected chi connectivity index (χ2v) is 7.63. The Morgan fingerprint density at radius 1 is 1.03 bits per heavy atom. The van der Waals surface area contributed by atoms with Gasteiger partial charge in [0.05, 0.1) is 24.2 Å². The van der Waals surface area contributed by atoms with Crippen molar-refractivity contribution in [2.24, 2.45) is 0 Å². The molecule has 31 heavy (non-hydrogen) atoms. The van der Waals surface area contributed by atoms with Crippen LogP contribution in [-0.2, 0) is 11.3 Å². The van der Waals surface area contributed by atoms with Gasteiger partial charge in [-0.2, -0.15) is 5.10 Å². The van der Waals surface area contributed by atoms with Gasteiger partial charge in [0.15, 0.2) is 0 Å². The summed E-state index contributed by atoms with van der Waals surface area (Å²) in [4.78, 5) is 12.2. The van der Waals surface area contributed by atoms with E-state index in [2.05, 4.69) is 20.6 Å². The fourth-order valence-electron chi connectivity index (χ4n) is 2.99. The summed E-state index contributed by atoms with van der Waals surface area (Å²) in [5, 5.41) is 16.4. The second kappa shape index (κ2) is 9.90. The standard InChI is InChI=1S/C23H21N5O2S/c1-30-21-6-3-2-5-18(21)15-24-22(29)16-31-23-12-11-20(26-27-23)17-7-9-19(10-8-17)28-14-4-13-25-28/h2-14H,15-16H2,1H3,(H,24,29). The first-order valence-electron chi connectivity index (χ1n) is 9.68. The van der Waals surface area contributed by atoms with Crippen LogP contribution in [0.3, 0.4) is 0 Å². The minimum Gasteiger partial charge on any atom is -0.496 e. The summed E-state index contributed by atoms with van der Waals surface area (Å²) in [6.45, 7) is 0.419. The highest BCUT2D eigenvalue weighted by molar-refractivity contribution is 7.99. The Morgan fingerprint density at radius 3 is 2.58 bits per heavy atom. The summed E-state index contributed by atoms with van der Waals surface area (Å²) in [5.41, 5.74) is 3.66. The molecule has 0 bridgehead atoms. The first kappa shape index (κ1) is 20.6. The van der Waals surface area contributed by atoms with E-state index in [-0.39, 0.29) is 11.7 Å². The predicted molar refractivity (Wildman–Crippen MR) is 120 cm³/mol. The molecular weight excluding hydrogens is 410 g/mol. The van der Waals surface area contributed by atoms with Gasteiger partial charge in [-0.15, -0.1) is 10.2 Å². The Hall–Kier alpha value is -3.65. The van der Waals surface area contributed by atoms with E-state index in [1.54, 1.807) is 18.0 Å². The summed E-state index contributed by atoms with van der Waals surface area (Å²) in [6, 6.07) is 21.2. The Kier molecular flexibility index (Phi) is 6.59. The normalized spacial score (nSPS) is 10.6. The first-order chi connectivity index (χ1) is 15.2. The Bertz CT molecular complexity index is 1130. The molecule has 2 heterocycles. The molecule has 2 aromatic carbocycles. The number of amides is 1. The third kappa shape index (κ3) is 5.29. The molecule has 156 valence electrons. The van der Waals surface area contributed by atoms with Gasteiger partial charge in [-0.1, -0.05) is 42.1 Å². The van der Waals surface area contributed by atoms with E-state index >= 15 is 0 Å². The average molecular weight is 432 g/mol. The van der Waals surface area contributed by atoms with E-state index in [1.807, 2.05) is 72.9 Å². The van der Waals surface area contributed by atoms with E-state index < -0.39 is 0 Å². The number of nitrogens with zero attached hydrogens (tertiary/aromatic N) is 4. The monoisotopic (exact) mass is 431 g/mol. The number of carbonyl (C=O) groups is 1. The third-order valence-corrected chi connectivity index (χ3v) is 5.51. The molecule has 0 fully saturated rings. The van der Waals surface area contributed by atoms with Gasteiger partial charge in [0.1, 0.15) is 10.8 Å². The van der Waals surface area contributed by atoms with Crippen LogP contribution in [0.1, 0.15) is 5.56 Å². The zero-order valence-electron chi connectivity index (χ0n) is 16.9. The number of rotatable bonds is 8. The van der Waals surface area contributed by atoms with Crippen LogP contribution < -0.4 is 10.1 Å². The number of ether oxygens (including phenoxy) is 1. The maximum atomic E-state index is 12.2. The van der Waals surface area contributed by atoms with E-state index in [0.717, 1.165) is 28.3 Å². The maximum absolute atomic E-state index is 12.2. The van der Waals surface area contributed by atoms with E-state index in [4.69, 9.17) is 4.74 Å². The lowest BCUT2D eigenvalue weighted by Crippen LogP contribution is -2.24. The number of para-hydroxylation sites is 1. The molecule has 7 nitrogen and oxygen atoms in total. The van der Waals surface area contributed by atoms with Crippen molar-refractivity contribution in [1.82, 2.24) is 25.3 Å². The Balaban J connectivity index is 1.30. The minimum absolute atomic E-state index is 0.0732. The van der Waals surface area contributed by atoms with Crippen LogP contribution in [0.25, 0.3) is 16.9 Å². The van der Waals surface area contributed by atoms with Crippen molar-refractivity contribution >= 4 is 17.7 Å². The lowest BCUT2D eigenvalue weighted by atomic mass is 10.1. The molecular formula is C23H21N5O2S. The largest absolute Gasteiger partial charge is 0.496 e. The number of carbonyl (C=O) groups excluding carboxylic acids is 1. The molecule has 0 spiro atoms. The molecule has 0 unspecified atom stereocenters. The molecule has 4 rings (SSSR count). The summed E-state index contributed by atoms with van der Waals surface area (Å²) < 4.78 is 7.10. The van der Waals surface area contributed by atoms with Crippen molar-refractivity contribution in [1.29, 1.82) is 0 Å². The topological polar surface area (TPSA) is 81.9 Å². The van der Waals surface area contributed by atoms with Crippen molar-refractivity contribution < 1.29 is 9.53 Å². The van der Waals surface area contributed by atoms with Crippen LogP contribution in [0.4, 0.5) is 0 Å². The van der Waals surface area contributed by atoms with Gasteiger partial charge >= 0.3 is 0 Å². The van der Waals surface area contributed by atoms with Gasteiger partial charge in [0.2, 0.25) is 5.91 Å². The molecule has 0 aliphatic rings. The van der Waals surface area contributed by atoms with Crippen LogP contribution in [0, 0.1) is 0 Å². The molecule has 0 saturated carbocycles. The lowest BCUT2D eigenvalue weighted by molar-refractivity contribution is -0.118. The number of hydrogen-bond acceptors (Lipinski definition) is 6. The van der Waals surface area contributed by atoms with Gasteiger partial charge in [-0.3, -0.25) is 4.79 Å². The zero-order valence-corrected chi connectivity index (χ0v) is 17.7. The van der Waals surface area contributed by atoms with Gasteiger partial charge in [0.25, 0.3) is 0 Å². The fourth-order valence-corrected chi connectivity index (χ4v) is 3.63. The molecule has 0 aliphatic carbocycles. The van der Waals surface area contributed by atoms with Crippen LogP contribution in [-0.4, -0.2) is 38.7 Å². The van der Waals surface area contributed by atoms with Crippen LogP contribution in [0.5, 0.6) is 5.75 Å². The fraction of sp³-hybridized carbons (Fsp3) is 0.130. The summed E-state index contributed by atoms with van der Waals surface area (Å²) in [5.74, 6) is 0.951. The highest BCUT2D eigenvalue weighted by Crippen LogP contribution is 2.21. The molecule has 8 heteroatoms. The summed E-state index contributed by atoms with van der Waals surface area (Å²) in [7, 11) is 1.62. The van der Waals surface area contributed by atoms with Crippen molar-refractivity contribution in [3.63, 3.8) is 0 Å². The van der Waals surface area contributed by atoms with Gasteiger partial charge in [-0.25, -0.2) is 4.68 Å². The summed E-state index contributed by atoms with van der Waals surface area (Å²) >= 11 is 1.35. The van der Waals surface area contributed by atoms with Crippen molar-refractivity contribution in [3.05, 3.63) is 84.7 Å². The van der Waals surface area contributed by atoms with E-state index in [9.17, 15) is 4.79 Å². The SMILES string of the molecule is COc1ccccc1CNC(=O)CSc1ccc(-c2ccc(-n3cccn3)cc2)nn1. The molecule has 1 N–H and O–H groups in total. The molecule has 4 aromatic rings. The third-order valence-electron chi connectivity index (χ3n) is 4.59. The smallest absolute Gasteiger partial charge is 0.230 e. The number of hydrogen-bond donors (Lipinski definition) is 1. The first-order valence-corrected chi connectivity index (χ1v) is 10.7.